The molecule has 0 saturated carbocycles. The average Bonchev–Trinajstić information content (AvgIpc) is 2.97. The molecule has 120 valence electrons. The first-order valence-corrected chi connectivity index (χ1v) is 8.30. The van der Waals surface area contributed by atoms with E-state index in [1.165, 1.54) is 0 Å². The molecular formula is C17H18N2O3S. The Morgan fingerprint density at radius 2 is 2.13 bits per heavy atom. The van der Waals surface area contributed by atoms with Crippen LogP contribution in [-0.2, 0) is 11.3 Å². The van der Waals surface area contributed by atoms with Crippen LogP contribution in [0, 0.1) is 0 Å². The van der Waals surface area contributed by atoms with Crippen molar-refractivity contribution in [3.8, 4) is 11.5 Å². The maximum Gasteiger partial charge on any atom is 0.234 e. The number of benzene rings is 1. The molecule has 1 aromatic heterocycles. The third kappa shape index (κ3) is 3.27. The van der Waals surface area contributed by atoms with Gasteiger partial charge in [0.1, 0.15) is 16.9 Å². The number of hydrogen-bond donors (Lipinski definition) is 0. The predicted molar refractivity (Wildman–Crippen MR) is 89.5 cm³/mol. The van der Waals surface area contributed by atoms with E-state index < -0.39 is 0 Å². The number of amides is 1. The van der Waals surface area contributed by atoms with Gasteiger partial charge in [0, 0.05) is 17.8 Å². The predicted octanol–water partition coefficient (Wildman–Crippen LogP) is 2.87. The van der Waals surface area contributed by atoms with Crippen LogP contribution in [0.25, 0.3) is 0 Å². The Balaban J connectivity index is 1.87. The highest BCUT2D eigenvalue weighted by Gasteiger charge is 2.34. The lowest BCUT2D eigenvalue weighted by atomic mass is 10.1. The second-order valence-corrected chi connectivity index (χ2v) is 6.19. The Morgan fingerprint density at radius 3 is 2.83 bits per heavy atom. The summed E-state index contributed by atoms with van der Waals surface area (Å²) < 4.78 is 10.7. The zero-order valence-electron chi connectivity index (χ0n) is 13.1. The second-order valence-electron chi connectivity index (χ2n) is 5.12. The van der Waals surface area contributed by atoms with Gasteiger partial charge in [-0.05, 0) is 24.3 Å². The van der Waals surface area contributed by atoms with Crippen molar-refractivity contribution in [2.75, 3.05) is 20.0 Å². The van der Waals surface area contributed by atoms with Crippen molar-refractivity contribution in [3.63, 3.8) is 0 Å². The van der Waals surface area contributed by atoms with E-state index in [0.29, 0.717) is 18.0 Å². The number of carbonyl (C=O) groups excluding carboxylic acids is 1. The smallest absolute Gasteiger partial charge is 0.234 e. The van der Waals surface area contributed by atoms with Crippen molar-refractivity contribution in [1.82, 2.24) is 9.88 Å². The van der Waals surface area contributed by atoms with Crippen LogP contribution in [0.4, 0.5) is 0 Å². The van der Waals surface area contributed by atoms with Gasteiger partial charge < -0.3 is 14.4 Å². The van der Waals surface area contributed by atoms with E-state index in [2.05, 4.69) is 4.98 Å². The minimum atomic E-state index is -0.0597. The van der Waals surface area contributed by atoms with Crippen molar-refractivity contribution in [1.29, 1.82) is 0 Å². The van der Waals surface area contributed by atoms with Crippen LogP contribution >= 0.6 is 11.8 Å². The summed E-state index contributed by atoms with van der Waals surface area (Å²) in [6.45, 7) is 0.486. The SMILES string of the molecule is COc1ccc(CN2C(=O)CSC2c2ccccn2)c(OC)c1. The molecule has 1 aliphatic rings. The Morgan fingerprint density at radius 1 is 1.26 bits per heavy atom. The first-order chi connectivity index (χ1) is 11.2. The number of aromatic nitrogens is 1. The van der Waals surface area contributed by atoms with E-state index >= 15 is 0 Å². The van der Waals surface area contributed by atoms with Crippen molar-refractivity contribution in [2.24, 2.45) is 0 Å². The molecule has 1 unspecified atom stereocenters. The zero-order chi connectivity index (χ0) is 16.2. The number of ether oxygens (including phenoxy) is 2. The van der Waals surface area contributed by atoms with Crippen LogP contribution in [0.15, 0.2) is 42.6 Å². The quantitative estimate of drug-likeness (QED) is 0.844. The monoisotopic (exact) mass is 330 g/mol. The second kappa shape index (κ2) is 6.91. The van der Waals surface area contributed by atoms with E-state index in [4.69, 9.17) is 9.47 Å². The van der Waals surface area contributed by atoms with Crippen molar-refractivity contribution < 1.29 is 14.3 Å². The first-order valence-electron chi connectivity index (χ1n) is 7.26. The van der Waals surface area contributed by atoms with Gasteiger partial charge in [-0.2, -0.15) is 0 Å². The van der Waals surface area contributed by atoms with Crippen LogP contribution in [-0.4, -0.2) is 35.8 Å². The lowest BCUT2D eigenvalue weighted by Gasteiger charge is -2.24. The van der Waals surface area contributed by atoms with Crippen molar-refractivity contribution in [2.45, 2.75) is 11.9 Å². The number of carbonyl (C=O) groups is 1. The van der Waals surface area contributed by atoms with Crippen LogP contribution in [0.5, 0.6) is 11.5 Å². The number of nitrogens with zero attached hydrogens (tertiary/aromatic N) is 2. The molecule has 0 spiro atoms. The lowest BCUT2D eigenvalue weighted by Crippen LogP contribution is -2.28. The summed E-state index contributed by atoms with van der Waals surface area (Å²) in [4.78, 5) is 18.5. The number of thioether (sulfide) groups is 1. The van der Waals surface area contributed by atoms with Gasteiger partial charge in [0.2, 0.25) is 5.91 Å². The van der Waals surface area contributed by atoms with Crippen LogP contribution < -0.4 is 9.47 Å². The summed E-state index contributed by atoms with van der Waals surface area (Å²) in [6.07, 6.45) is 1.75. The van der Waals surface area contributed by atoms with Gasteiger partial charge in [0.15, 0.2) is 0 Å². The highest BCUT2D eigenvalue weighted by Crippen LogP contribution is 2.39. The van der Waals surface area contributed by atoms with E-state index in [1.54, 1.807) is 32.2 Å². The summed E-state index contributed by atoms with van der Waals surface area (Å²) >= 11 is 1.60. The molecule has 6 heteroatoms. The Hall–Kier alpha value is -2.21. The molecule has 23 heavy (non-hydrogen) atoms. The zero-order valence-corrected chi connectivity index (χ0v) is 13.9. The largest absolute Gasteiger partial charge is 0.497 e. The summed E-state index contributed by atoms with van der Waals surface area (Å²) in [6, 6.07) is 11.4. The van der Waals surface area contributed by atoms with Crippen molar-refractivity contribution >= 4 is 17.7 Å². The molecule has 0 bridgehead atoms. The van der Waals surface area contributed by atoms with Gasteiger partial charge in [0.05, 0.1) is 32.2 Å². The molecule has 1 fully saturated rings. The number of rotatable bonds is 5. The number of pyridine rings is 1. The summed E-state index contributed by atoms with van der Waals surface area (Å²) in [5.74, 6) is 2.03. The first kappa shape index (κ1) is 15.7. The third-order valence-corrected chi connectivity index (χ3v) is 4.97. The molecule has 3 rings (SSSR count). The third-order valence-electron chi connectivity index (χ3n) is 3.74. The fourth-order valence-corrected chi connectivity index (χ4v) is 3.71. The van der Waals surface area contributed by atoms with Gasteiger partial charge >= 0.3 is 0 Å². The molecule has 0 N–H and O–H groups in total. The fraction of sp³-hybridized carbons (Fsp3) is 0.294. The minimum absolute atomic E-state index is 0.0597. The molecule has 2 heterocycles. The normalized spacial score (nSPS) is 17.4. The van der Waals surface area contributed by atoms with Crippen LogP contribution in [0.3, 0.4) is 0 Å². The summed E-state index contributed by atoms with van der Waals surface area (Å²) in [7, 11) is 3.24. The van der Waals surface area contributed by atoms with Crippen LogP contribution in [0.1, 0.15) is 16.6 Å². The average molecular weight is 330 g/mol. The number of methoxy groups -OCH3 is 2. The van der Waals surface area contributed by atoms with Gasteiger partial charge in [-0.15, -0.1) is 11.8 Å². The van der Waals surface area contributed by atoms with Crippen molar-refractivity contribution in [3.05, 3.63) is 53.9 Å². The maximum atomic E-state index is 12.3. The molecule has 1 atom stereocenters. The molecule has 1 saturated heterocycles. The van der Waals surface area contributed by atoms with E-state index in [1.807, 2.05) is 41.3 Å². The Labute approximate surface area is 139 Å². The van der Waals surface area contributed by atoms with Gasteiger partial charge in [-0.25, -0.2) is 0 Å². The molecular weight excluding hydrogens is 312 g/mol. The van der Waals surface area contributed by atoms with E-state index in [-0.39, 0.29) is 11.3 Å². The van der Waals surface area contributed by atoms with Gasteiger partial charge in [-0.1, -0.05) is 6.07 Å². The fourth-order valence-electron chi connectivity index (χ4n) is 2.56. The topological polar surface area (TPSA) is 51.7 Å². The Kier molecular flexibility index (Phi) is 4.71. The molecule has 2 aromatic rings. The lowest BCUT2D eigenvalue weighted by molar-refractivity contribution is -0.128. The number of hydrogen-bond acceptors (Lipinski definition) is 5. The molecule has 0 aliphatic carbocycles. The maximum absolute atomic E-state index is 12.3. The molecule has 1 aromatic carbocycles. The summed E-state index contributed by atoms with van der Waals surface area (Å²) in [5.41, 5.74) is 1.85. The van der Waals surface area contributed by atoms with Gasteiger partial charge in [-0.3, -0.25) is 9.78 Å². The van der Waals surface area contributed by atoms with E-state index in [0.717, 1.165) is 17.0 Å². The molecule has 1 aliphatic heterocycles. The molecule has 1 amide bonds. The Bertz CT molecular complexity index is 693. The summed E-state index contributed by atoms with van der Waals surface area (Å²) in [5, 5.41) is -0.0597. The highest BCUT2D eigenvalue weighted by molar-refractivity contribution is 8.00. The van der Waals surface area contributed by atoms with Gasteiger partial charge in [0.25, 0.3) is 0 Å². The highest BCUT2D eigenvalue weighted by atomic mass is 32.2. The standard InChI is InChI=1S/C17H18N2O3S/c1-21-13-7-6-12(15(9-13)22-2)10-19-16(20)11-23-17(19)14-5-3-4-8-18-14/h3-9,17H,10-11H2,1-2H3. The van der Waals surface area contributed by atoms with Crippen LogP contribution in [0.2, 0.25) is 0 Å². The minimum Gasteiger partial charge on any atom is -0.497 e. The molecule has 0 radical (unpaired) electrons. The van der Waals surface area contributed by atoms with E-state index in [9.17, 15) is 4.79 Å². The molecule has 5 nitrogen and oxygen atoms in total.